The van der Waals surface area contributed by atoms with E-state index in [1.807, 2.05) is 121 Å². The summed E-state index contributed by atoms with van der Waals surface area (Å²) in [5, 5.41) is 11.9. The Bertz CT molecular complexity index is 2520. The second kappa shape index (κ2) is 11.1. The lowest BCUT2D eigenvalue weighted by molar-refractivity contribution is 0.646. The maximum atomic E-state index is 5.92. The van der Waals surface area contributed by atoms with Crippen molar-refractivity contribution >= 4 is 33.0 Å². The number of nitrogens with zero attached hydrogens (tertiary/aromatic N) is 6. The lowest BCUT2D eigenvalue weighted by Gasteiger charge is -2.12. The minimum absolute atomic E-state index is 0.505. The van der Waals surface area contributed by atoms with Crippen LogP contribution in [0.5, 0.6) is 0 Å². The van der Waals surface area contributed by atoms with Gasteiger partial charge in [0, 0.05) is 27.5 Å². The monoisotopic (exact) mass is 604 g/mol. The first kappa shape index (κ1) is 26.8. The van der Waals surface area contributed by atoms with Gasteiger partial charge in [0.15, 0.2) is 17.5 Å². The van der Waals surface area contributed by atoms with Crippen LogP contribution >= 0.6 is 0 Å². The van der Waals surface area contributed by atoms with Gasteiger partial charge in [-0.05, 0) is 41.5 Å². The van der Waals surface area contributed by atoms with Gasteiger partial charge in [-0.15, -0.1) is 10.2 Å². The molecule has 0 unspecified atom stereocenters. The van der Waals surface area contributed by atoms with Crippen molar-refractivity contribution in [1.82, 2.24) is 30.1 Å². The number of hydrogen-bond acceptors (Lipinski definition) is 7. The van der Waals surface area contributed by atoms with E-state index in [0.717, 1.165) is 60.8 Å². The molecule has 4 aromatic heterocycles. The van der Waals surface area contributed by atoms with Gasteiger partial charge < -0.3 is 4.42 Å². The van der Waals surface area contributed by atoms with Gasteiger partial charge in [-0.2, -0.15) is 0 Å². The molecule has 0 bridgehead atoms. The van der Waals surface area contributed by atoms with Gasteiger partial charge in [0.1, 0.15) is 11.3 Å². The van der Waals surface area contributed by atoms with Gasteiger partial charge in [0.2, 0.25) is 5.71 Å². The second-order valence-corrected chi connectivity index (χ2v) is 11.2. The zero-order valence-electron chi connectivity index (χ0n) is 24.9. The zero-order chi connectivity index (χ0) is 31.2. The fourth-order valence-electron chi connectivity index (χ4n) is 5.97. The van der Waals surface area contributed by atoms with Gasteiger partial charge in [0.25, 0.3) is 0 Å². The molecule has 0 aliphatic heterocycles. The molecule has 4 heterocycles. The van der Waals surface area contributed by atoms with E-state index in [1.165, 1.54) is 0 Å². The van der Waals surface area contributed by atoms with Crippen molar-refractivity contribution in [2.24, 2.45) is 0 Å². The highest BCUT2D eigenvalue weighted by atomic mass is 16.3. The van der Waals surface area contributed by atoms with Crippen molar-refractivity contribution in [3.63, 3.8) is 0 Å². The van der Waals surface area contributed by atoms with Crippen molar-refractivity contribution in [3.8, 4) is 56.7 Å². The number of para-hydroxylation sites is 2. The van der Waals surface area contributed by atoms with Gasteiger partial charge in [0.05, 0.1) is 16.6 Å². The molecule has 0 spiro atoms. The molecule has 0 fully saturated rings. The summed E-state index contributed by atoms with van der Waals surface area (Å²) in [5.74, 6) is 1.84. The molecular weight excluding hydrogens is 580 g/mol. The number of furan rings is 1. The van der Waals surface area contributed by atoms with Crippen molar-refractivity contribution < 1.29 is 4.42 Å². The largest absolute Gasteiger partial charge is 0.436 e. The molecule has 0 radical (unpaired) electrons. The van der Waals surface area contributed by atoms with E-state index in [2.05, 4.69) is 34.5 Å². The highest BCUT2D eigenvalue weighted by Crippen LogP contribution is 2.35. The normalized spacial score (nSPS) is 11.4. The molecule has 0 aliphatic rings. The molecule has 0 N–H and O–H groups in total. The summed E-state index contributed by atoms with van der Waals surface area (Å²) in [5.41, 5.74) is 8.31. The minimum atomic E-state index is 0.505. The Labute approximate surface area is 269 Å². The molecule has 220 valence electrons. The highest BCUT2D eigenvalue weighted by Gasteiger charge is 2.16. The Morgan fingerprint density at radius 3 is 1.72 bits per heavy atom. The van der Waals surface area contributed by atoms with Gasteiger partial charge in [-0.25, -0.2) is 19.9 Å². The van der Waals surface area contributed by atoms with Crippen molar-refractivity contribution in [1.29, 1.82) is 0 Å². The second-order valence-electron chi connectivity index (χ2n) is 11.2. The summed E-state index contributed by atoms with van der Waals surface area (Å²) in [6.45, 7) is 0. The lowest BCUT2D eigenvalue weighted by atomic mass is 9.97. The maximum absolute atomic E-state index is 5.92. The standard InChI is InChI=1S/C40H24N6O/c1-3-12-25(13-4-1)37-42-38(26-14-5-2-6-15-26)44-39(43-37)28-17-11-16-27(22-28)31-23-34(41-33-20-9-7-18-29(31)33)35-24-32-30-19-8-10-21-36(30)47-40(32)46-45-35/h1-24H. The maximum Gasteiger partial charge on any atom is 0.247 e. The number of fused-ring (bicyclic) bond motifs is 4. The fourth-order valence-corrected chi connectivity index (χ4v) is 5.97. The van der Waals surface area contributed by atoms with Crippen LogP contribution in [0.25, 0.3) is 89.7 Å². The van der Waals surface area contributed by atoms with Crippen LogP contribution in [0.4, 0.5) is 0 Å². The van der Waals surface area contributed by atoms with E-state index in [1.54, 1.807) is 0 Å². The summed E-state index contributed by atoms with van der Waals surface area (Å²) < 4.78 is 5.92. The van der Waals surface area contributed by atoms with E-state index in [0.29, 0.717) is 28.9 Å². The first-order valence-electron chi connectivity index (χ1n) is 15.3. The zero-order valence-corrected chi connectivity index (χ0v) is 24.9. The molecular formula is C40H24N6O. The third-order valence-corrected chi connectivity index (χ3v) is 8.25. The Morgan fingerprint density at radius 1 is 0.383 bits per heavy atom. The van der Waals surface area contributed by atoms with E-state index in [9.17, 15) is 0 Å². The first-order chi connectivity index (χ1) is 23.3. The Morgan fingerprint density at radius 2 is 0.979 bits per heavy atom. The predicted molar refractivity (Wildman–Crippen MR) is 185 cm³/mol. The number of hydrogen-bond donors (Lipinski definition) is 0. The summed E-state index contributed by atoms with van der Waals surface area (Å²) in [6, 6.07) is 48.5. The molecule has 9 rings (SSSR count). The van der Waals surface area contributed by atoms with Gasteiger partial charge >= 0.3 is 0 Å². The van der Waals surface area contributed by atoms with Crippen LogP contribution in [0.2, 0.25) is 0 Å². The average molecular weight is 605 g/mol. The molecule has 0 saturated heterocycles. The predicted octanol–water partition coefficient (Wildman–Crippen LogP) is 9.44. The fraction of sp³-hybridized carbons (Fsp3) is 0. The van der Waals surface area contributed by atoms with Crippen LogP contribution in [-0.2, 0) is 0 Å². The summed E-state index contributed by atoms with van der Waals surface area (Å²) in [6.07, 6.45) is 0. The molecule has 7 heteroatoms. The molecule has 0 aliphatic carbocycles. The number of rotatable bonds is 5. The Balaban J connectivity index is 1.20. The van der Waals surface area contributed by atoms with Crippen molar-refractivity contribution in [3.05, 3.63) is 146 Å². The first-order valence-corrected chi connectivity index (χ1v) is 15.3. The quantitative estimate of drug-likeness (QED) is 0.193. The number of benzene rings is 5. The van der Waals surface area contributed by atoms with E-state index >= 15 is 0 Å². The van der Waals surface area contributed by atoms with E-state index in [4.69, 9.17) is 24.4 Å². The third-order valence-electron chi connectivity index (χ3n) is 8.25. The van der Waals surface area contributed by atoms with E-state index < -0.39 is 0 Å². The third kappa shape index (κ3) is 4.87. The lowest BCUT2D eigenvalue weighted by Crippen LogP contribution is -2.00. The Hall–Kier alpha value is -6.60. The van der Waals surface area contributed by atoms with Crippen LogP contribution in [0.1, 0.15) is 0 Å². The van der Waals surface area contributed by atoms with Gasteiger partial charge in [-0.1, -0.05) is 115 Å². The molecule has 47 heavy (non-hydrogen) atoms. The molecule has 0 amide bonds. The van der Waals surface area contributed by atoms with Gasteiger partial charge in [-0.3, -0.25) is 0 Å². The van der Waals surface area contributed by atoms with Crippen LogP contribution in [0.15, 0.2) is 150 Å². The highest BCUT2D eigenvalue weighted by molar-refractivity contribution is 6.04. The van der Waals surface area contributed by atoms with Crippen molar-refractivity contribution in [2.75, 3.05) is 0 Å². The number of pyridine rings is 1. The molecule has 5 aromatic carbocycles. The van der Waals surface area contributed by atoms with Crippen LogP contribution in [0, 0.1) is 0 Å². The molecule has 0 saturated carbocycles. The molecule has 9 aromatic rings. The Kier molecular flexibility index (Phi) is 6.31. The summed E-state index contributed by atoms with van der Waals surface area (Å²) >= 11 is 0. The summed E-state index contributed by atoms with van der Waals surface area (Å²) in [7, 11) is 0. The van der Waals surface area contributed by atoms with Crippen LogP contribution in [0.3, 0.4) is 0 Å². The topological polar surface area (TPSA) is 90.5 Å². The summed E-state index contributed by atoms with van der Waals surface area (Å²) in [4.78, 5) is 19.8. The molecule has 0 atom stereocenters. The molecule has 7 nitrogen and oxygen atoms in total. The number of aromatic nitrogens is 6. The van der Waals surface area contributed by atoms with Crippen molar-refractivity contribution in [2.45, 2.75) is 0 Å². The smallest absolute Gasteiger partial charge is 0.247 e. The average Bonchev–Trinajstić information content (AvgIpc) is 3.53. The van der Waals surface area contributed by atoms with Crippen LogP contribution < -0.4 is 0 Å². The SMILES string of the molecule is c1ccc(-c2nc(-c3ccccc3)nc(-c3cccc(-c4cc(-c5cc6c(nn5)oc5ccccc56)nc5ccccc45)c3)n2)cc1. The van der Waals surface area contributed by atoms with Crippen LogP contribution in [-0.4, -0.2) is 30.1 Å². The van der Waals surface area contributed by atoms with E-state index in [-0.39, 0.29) is 0 Å². The minimum Gasteiger partial charge on any atom is -0.436 e.